The van der Waals surface area contributed by atoms with Crippen LogP contribution in [-0.2, 0) is 4.79 Å². The number of nitrogens with zero attached hydrogens (tertiary/aromatic N) is 1. The van der Waals surface area contributed by atoms with Crippen LogP contribution in [0, 0.1) is 0 Å². The van der Waals surface area contributed by atoms with Crippen molar-refractivity contribution in [3.8, 4) is 0 Å². The Morgan fingerprint density at radius 2 is 2.08 bits per heavy atom. The number of nitrogens with two attached hydrogens (primary N) is 1. The molecule has 0 aromatic heterocycles. The zero-order chi connectivity index (χ0) is 9.78. The van der Waals surface area contributed by atoms with E-state index in [4.69, 9.17) is 10.8 Å². The second-order valence-corrected chi connectivity index (χ2v) is 3.63. The highest BCUT2D eigenvalue weighted by Crippen LogP contribution is 2.08. The van der Waals surface area contributed by atoms with Gasteiger partial charge in [0.15, 0.2) is 0 Å². The van der Waals surface area contributed by atoms with Gasteiger partial charge in [-0.15, -0.1) is 0 Å². The Morgan fingerprint density at radius 3 is 2.42 bits per heavy atom. The van der Waals surface area contributed by atoms with Gasteiger partial charge in [0.05, 0.1) is 0 Å². The van der Waals surface area contributed by atoms with E-state index in [-0.39, 0.29) is 0 Å². The maximum atomic E-state index is 10.6. The van der Waals surface area contributed by atoms with Crippen molar-refractivity contribution in [1.82, 2.24) is 4.90 Å². The van der Waals surface area contributed by atoms with E-state index < -0.39 is 11.5 Å². The third-order valence-electron chi connectivity index (χ3n) is 1.79. The minimum Gasteiger partial charge on any atom is -0.480 e. The molecule has 0 radical (unpaired) electrons. The fourth-order valence-corrected chi connectivity index (χ4v) is 0.869. The Morgan fingerprint density at radius 1 is 1.58 bits per heavy atom. The molecule has 0 rings (SSSR count). The first-order valence-corrected chi connectivity index (χ1v) is 4.03. The molecule has 4 nitrogen and oxygen atoms in total. The fourth-order valence-electron chi connectivity index (χ4n) is 0.869. The lowest BCUT2D eigenvalue weighted by Gasteiger charge is -2.19. The van der Waals surface area contributed by atoms with Gasteiger partial charge in [-0.2, -0.15) is 0 Å². The Kier molecular flexibility index (Phi) is 4.20. The van der Waals surface area contributed by atoms with Crippen LogP contribution in [0.5, 0.6) is 0 Å². The summed E-state index contributed by atoms with van der Waals surface area (Å²) in [5, 5.41) is 8.67. The van der Waals surface area contributed by atoms with Crippen molar-refractivity contribution in [3.05, 3.63) is 0 Å². The lowest BCUT2D eigenvalue weighted by molar-refractivity contribution is -0.142. The second-order valence-electron chi connectivity index (χ2n) is 3.63. The Balaban J connectivity index is 3.69. The fraction of sp³-hybridized carbons (Fsp3) is 0.875. The van der Waals surface area contributed by atoms with Crippen molar-refractivity contribution in [1.29, 1.82) is 0 Å². The van der Waals surface area contributed by atoms with Crippen LogP contribution in [0.15, 0.2) is 0 Å². The first-order valence-electron chi connectivity index (χ1n) is 4.03. The monoisotopic (exact) mass is 174 g/mol. The van der Waals surface area contributed by atoms with Crippen LogP contribution in [0.4, 0.5) is 0 Å². The highest BCUT2D eigenvalue weighted by atomic mass is 16.4. The molecule has 1 unspecified atom stereocenters. The van der Waals surface area contributed by atoms with E-state index in [2.05, 4.69) is 0 Å². The molecule has 0 aliphatic carbocycles. The molecule has 0 saturated heterocycles. The third-order valence-corrected chi connectivity index (χ3v) is 1.79. The normalized spacial score (nSPS) is 16.1. The molecule has 12 heavy (non-hydrogen) atoms. The van der Waals surface area contributed by atoms with Gasteiger partial charge in [-0.1, -0.05) is 0 Å². The van der Waals surface area contributed by atoms with Crippen LogP contribution in [0.3, 0.4) is 0 Å². The maximum absolute atomic E-state index is 10.6. The Labute approximate surface area is 73.3 Å². The first kappa shape index (κ1) is 11.4. The van der Waals surface area contributed by atoms with E-state index in [0.29, 0.717) is 6.42 Å². The van der Waals surface area contributed by atoms with E-state index >= 15 is 0 Å². The number of carboxylic acids is 1. The van der Waals surface area contributed by atoms with E-state index in [1.54, 1.807) is 6.92 Å². The summed E-state index contributed by atoms with van der Waals surface area (Å²) in [6, 6.07) is 0. The van der Waals surface area contributed by atoms with Crippen LogP contribution in [0.1, 0.15) is 19.8 Å². The zero-order valence-electron chi connectivity index (χ0n) is 8.00. The zero-order valence-corrected chi connectivity index (χ0v) is 8.00. The summed E-state index contributed by atoms with van der Waals surface area (Å²) in [5.41, 5.74) is 4.45. The van der Waals surface area contributed by atoms with Gasteiger partial charge in [-0.25, -0.2) is 0 Å². The average molecular weight is 174 g/mol. The van der Waals surface area contributed by atoms with Crippen molar-refractivity contribution >= 4 is 5.97 Å². The summed E-state index contributed by atoms with van der Waals surface area (Å²) < 4.78 is 0. The van der Waals surface area contributed by atoms with Crippen molar-refractivity contribution in [2.45, 2.75) is 25.3 Å². The molecule has 0 aliphatic heterocycles. The van der Waals surface area contributed by atoms with Gasteiger partial charge in [-0.05, 0) is 40.4 Å². The number of rotatable bonds is 5. The molecule has 4 heteroatoms. The van der Waals surface area contributed by atoms with E-state index in [9.17, 15) is 4.79 Å². The van der Waals surface area contributed by atoms with Crippen molar-refractivity contribution in [3.63, 3.8) is 0 Å². The van der Waals surface area contributed by atoms with Gasteiger partial charge in [0.25, 0.3) is 0 Å². The summed E-state index contributed by atoms with van der Waals surface area (Å²) >= 11 is 0. The molecule has 1 atom stereocenters. The lowest BCUT2D eigenvalue weighted by atomic mass is 9.97. The molecule has 0 aromatic carbocycles. The predicted octanol–water partition coefficient (Wildman–Crippen LogP) is 0.130. The first-order chi connectivity index (χ1) is 5.36. The summed E-state index contributed by atoms with van der Waals surface area (Å²) in [4.78, 5) is 12.6. The molecule has 3 N–H and O–H groups in total. The molecular weight excluding hydrogens is 156 g/mol. The van der Waals surface area contributed by atoms with Gasteiger partial charge in [0, 0.05) is 0 Å². The predicted molar refractivity (Wildman–Crippen MR) is 48.0 cm³/mol. The molecule has 0 aliphatic rings. The second kappa shape index (κ2) is 4.42. The van der Waals surface area contributed by atoms with Crippen molar-refractivity contribution in [2.75, 3.05) is 20.6 Å². The molecule has 0 amide bonds. The molecular formula is C8H18N2O2. The molecule has 0 aromatic rings. The van der Waals surface area contributed by atoms with Crippen molar-refractivity contribution in [2.24, 2.45) is 5.73 Å². The van der Waals surface area contributed by atoms with Gasteiger partial charge < -0.3 is 15.7 Å². The van der Waals surface area contributed by atoms with Crippen LogP contribution in [0.25, 0.3) is 0 Å². The quantitative estimate of drug-likeness (QED) is 0.621. The van der Waals surface area contributed by atoms with E-state index in [0.717, 1.165) is 13.0 Å². The van der Waals surface area contributed by atoms with Crippen LogP contribution >= 0.6 is 0 Å². The summed E-state index contributed by atoms with van der Waals surface area (Å²) in [6.45, 7) is 2.42. The lowest BCUT2D eigenvalue weighted by Crippen LogP contribution is -2.45. The number of hydrogen-bond donors (Lipinski definition) is 2. The minimum absolute atomic E-state index is 0.514. The molecule has 0 saturated carbocycles. The average Bonchev–Trinajstić information content (AvgIpc) is 1.85. The van der Waals surface area contributed by atoms with Gasteiger partial charge >= 0.3 is 5.97 Å². The molecule has 72 valence electrons. The Hall–Kier alpha value is -0.610. The molecule has 0 fully saturated rings. The maximum Gasteiger partial charge on any atom is 0.323 e. The standard InChI is InChI=1S/C8H18N2O2/c1-8(9,7(11)12)5-4-6-10(2)3/h4-6,9H2,1-3H3,(H,11,12). The molecule has 0 heterocycles. The van der Waals surface area contributed by atoms with Crippen molar-refractivity contribution < 1.29 is 9.90 Å². The number of hydrogen-bond acceptors (Lipinski definition) is 3. The molecule has 0 spiro atoms. The SMILES string of the molecule is CN(C)CCCC(C)(N)C(=O)O. The third kappa shape index (κ3) is 4.31. The summed E-state index contributed by atoms with van der Waals surface area (Å²) in [7, 11) is 3.91. The topological polar surface area (TPSA) is 66.6 Å². The van der Waals surface area contributed by atoms with Crippen LogP contribution in [0.2, 0.25) is 0 Å². The van der Waals surface area contributed by atoms with Crippen LogP contribution in [-0.4, -0.2) is 42.2 Å². The largest absolute Gasteiger partial charge is 0.480 e. The van der Waals surface area contributed by atoms with Gasteiger partial charge in [0.2, 0.25) is 0 Å². The van der Waals surface area contributed by atoms with E-state index in [1.807, 2.05) is 19.0 Å². The summed E-state index contributed by atoms with van der Waals surface area (Å²) in [5.74, 6) is -0.929. The Bertz CT molecular complexity index is 155. The highest BCUT2D eigenvalue weighted by molar-refractivity contribution is 5.77. The minimum atomic E-state index is -1.07. The van der Waals surface area contributed by atoms with Gasteiger partial charge in [-0.3, -0.25) is 4.79 Å². The smallest absolute Gasteiger partial charge is 0.323 e. The molecule has 0 bridgehead atoms. The van der Waals surface area contributed by atoms with E-state index in [1.165, 1.54) is 0 Å². The van der Waals surface area contributed by atoms with Gasteiger partial charge in [0.1, 0.15) is 5.54 Å². The van der Waals surface area contributed by atoms with Crippen LogP contribution < -0.4 is 5.73 Å². The highest BCUT2D eigenvalue weighted by Gasteiger charge is 2.26. The summed E-state index contributed by atoms with van der Waals surface area (Å²) in [6.07, 6.45) is 1.33. The number of carbonyl (C=O) groups is 1. The number of carboxylic acid groups (broad SMARTS) is 1. The number of aliphatic carboxylic acids is 1.